The Bertz CT molecular complexity index is 603. The van der Waals surface area contributed by atoms with E-state index in [0.717, 1.165) is 24.0 Å². The largest absolute Gasteiger partial charge is 0.465 e. The number of hydrogen-bond acceptors (Lipinski definition) is 2. The normalized spacial score (nSPS) is 10.3. The number of esters is 1. The molecule has 0 atom stereocenters. The van der Waals surface area contributed by atoms with Crippen LogP contribution in [0.25, 0.3) is 11.1 Å². The second-order valence-electron chi connectivity index (χ2n) is 4.63. The average molecular weight is 272 g/mol. The fourth-order valence-electron chi connectivity index (χ4n) is 2.12. The molecule has 2 aromatic carbocycles. The minimum Gasteiger partial charge on any atom is -0.465 e. The summed E-state index contributed by atoms with van der Waals surface area (Å²) in [6.07, 6.45) is 2.14. The predicted molar refractivity (Wildman–Crippen MR) is 77.2 cm³/mol. The van der Waals surface area contributed by atoms with Crippen LogP contribution in [-0.4, -0.2) is 13.1 Å². The summed E-state index contributed by atoms with van der Waals surface area (Å²) in [5, 5.41) is 0. The maximum absolute atomic E-state index is 13.9. The first-order chi connectivity index (χ1) is 9.65. The smallest absolute Gasteiger partial charge is 0.340 e. The predicted octanol–water partition coefficient (Wildman–Crippen LogP) is 4.23. The zero-order valence-electron chi connectivity index (χ0n) is 11.7. The van der Waals surface area contributed by atoms with Crippen molar-refractivity contribution in [2.45, 2.75) is 19.8 Å². The van der Waals surface area contributed by atoms with E-state index in [1.54, 1.807) is 6.07 Å². The van der Waals surface area contributed by atoms with Gasteiger partial charge in [-0.05, 0) is 35.2 Å². The van der Waals surface area contributed by atoms with Crippen molar-refractivity contribution in [1.82, 2.24) is 0 Å². The van der Waals surface area contributed by atoms with Crippen LogP contribution in [0.15, 0.2) is 42.5 Å². The van der Waals surface area contributed by atoms with Gasteiger partial charge >= 0.3 is 5.97 Å². The summed E-state index contributed by atoms with van der Waals surface area (Å²) in [7, 11) is 1.24. The summed E-state index contributed by atoms with van der Waals surface area (Å²) in [5.41, 5.74) is 2.90. The number of carbonyl (C=O) groups excluding carboxylic acids is 1. The topological polar surface area (TPSA) is 26.3 Å². The second kappa shape index (κ2) is 6.33. The number of hydrogen-bond donors (Lipinski definition) is 0. The Kier molecular flexibility index (Phi) is 4.51. The highest BCUT2D eigenvalue weighted by Crippen LogP contribution is 2.23. The molecule has 0 bridgehead atoms. The summed E-state index contributed by atoms with van der Waals surface area (Å²) in [5.74, 6) is -1.22. The SMILES string of the molecule is CCCc1ccc(-c2ccc(C(=O)OC)c(F)c2)cc1. The number of aryl methyl sites for hydroxylation is 1. The van der Waals surface area contributed by atoms with E-state index >= 15 is 0 Å². The molecule has 0 aliphatic carbocycles. The third-order valence-corrected chi connectivity index (χ3v) is 3.20. The number of carbonyl (C=O) groups is 1. The van der Waals surface area contributed by atoms with Crippen LogP contribution in [0.1, 0.15) is 29.3 Å². The fourth-order valence-corrected chi connectivity index (χ4v) is 2.12. The highest BCUT2D eigenvalue weighted by molar-refractivity contribution is 5.90. The van der Waals surface area contributed by atoms with E-state index in [9.17, 15) is 9.18 Å². The summed E-state index contributed by atoms with van der Waals surface area (Å²) in [6, 6.07) is 12.6. The van der Waals surface area contributed by atoms with Crippen LogP contribution in [-0.2, 0) is 11.2 Å². The molecule has 20 heavy (non-hydrogen) atoms. The molecule has 3 heteroatoms. The molecule has 0 aromatic heterocycles. The van der Waals surface area contributed by atoms with Gasteiger partial charge < -0.3 is 4.74 Å². The molecule has 104 valence electrons. The van der Waals surface area contributed by atoms with Gasteiger partial charge in [0.1, 0.15) is 5.82 Å². The highest BCUT2D eigenvalue weighted by Gasteiger charge is 2.12. The molecule has 0 aliphatic rings. The van der Waals surface area contributed by atoms with Gasteiger partial charge in [-0.3, -0.25) is 0 Å². The lowest BCUT2D eigenvalue weighted by Gasteiger charge is -2.06. The number of ether oxygens (including phenoxy) is 1. The first-order valence-electron chi connectivity index (χ1n) is 6.63. The lowest BCUT2D eigenvalue weighted by molar-refractivity contribution is 0.0595. The third kappa shape index (κ3) is 3.05. The van der Waals surface area contributed by atoms with Crippen LogP contribution in [0.5, 0.6) is 0 Å². The molecule has 0 heterocycles. The van der Waals surface area contributed by atoms with E-state index in [4.69, 9.17) is 0 Å². The van der Waals surface area contributed by atoms with Crippen molar-refractivity contribution >= 4 is 5.97 Å². The van der Waals surface area contributed by atoms with Crippen molar-refractivity contribution < 1.29 is 13.9 Å². The minimum atomic E-state index is -0.660. The third-order valence-electron chi connectivity index (χ3n) is 3.20. The van der Waals surface area contributed by atoms with Gasteiger partial charge in [-0.25, -0.2) is 9.18 Å². The lowest BCUT2D eigenvalue weighted by atomic mass is 10.0. The molecule has 0 spiro atoms. The van der Waals surface area contributed by atoms with Gasteiger partial charge in [0.2, 0.25) is 0 Å². The Morgan fingerprint density at radius 2 is 1.75 bits per heavy atom. The molecule has 2 aromatic rings. The molecular formula is C17H17FO2. The Labute approximate surface area is 118 Å². The Morgan fingerprint density at radius 3 is 2.30 bits per heavy atom. The molecule has 0 aliphatic heterocycles. The van der Waals surface area contributed by atoms with Crippen molar-refractivity contribution in [3.63, 3.8) is 0 Å². The molecule has 2 nitrogen and oxygen atoms in total. The van der Waals surface area contributed by atoms with Crippen LogP contribution < -0.4 is 0 Å². The van der Waals surface area contributed by atoms with Crippen LogP contribution >= 0.6 is 0 Å². The van der Waals surface area contributed by atoms with E-state index < -0.39 is 11.8 Å². The first kappa shape index (κ1) is 14.3. The monoisotopic (exact) mass is 272 g/mol. The zero-order valence-corrected chi connectivity index (χ0v) is 11.7. The maximum atomic E-state index is 13.9. The molecule has 0 radical (unpaired) electrons. The number of benzene rings is 2. The first-order valence-corrected chi connectivity index (χ1v) is 6.63. The van der Waals surface area contributed by atoms with Crippen molar-refractivity contribution in [3.8, 4) is 11.1 Å². The van der Waals surface area contributed by atoms with Gasteiger partial charge in [-0.15, -0.1) is 0 Å². The van der Waals surface area contributed by atoms with Gasteiger partial charge in [0, 0.05) is 0 Å². The van der Waals surface area contributed by atoms with Crippen LogP contribution in [0.2, 0.25) is 0 Å². The Hall–Kier alpha value is -2.16. The van der Waals surface area contributed by atoms with E-state index in [1.165, 1.54) is 24.8 Å². The summed E-state index contributed by atoms with van der Waals surface area (Å²) >= 11 is 0. The van der Waals surface area contributed by atoms with E-state index in [-0.39, 0.29) is 5.56 Å². The molecule has 0 saturated heterocycles. The van der Waals surface area contributed by atoms with Crippen molar-refractivity contribution in [2.24, 2.45) is 0 Å². The van der Waals surface area contributed by atoms with E-state index in [2.05, 4.69) is 11.7 Å². The molecular weight excluding hydrogens is 255 g/mol. The van der Waals surface area contributed by atoms with Gasteiger partial charge in [0.05, 0.1) is 12.7 Å². The fraction of sp³-hybridized carbons (Fsp3) is 0.235. The van der Waals surface area contributed by atoms with Crippen molar-refractivity contribution in [2.75, 3.05) is 7.11 Å². The highest BCUT2D eigenvalue weighted by atomic mass is 19.1. The van der Waals surface area contributed by atoms with E-state index in [0.29, 0.717) is 0 Å². The van der Waals surface area contributed by atoms with Crippen LogP contribution in [0.3, 0.4) is 0 Å². The molecule has 2 rings (SSSR count). The molecule has 0 N–H and O–H groups in total. The summed E-state index contributed by atoms with van der Waals surface area (Å²) in [6.45, 7) is 2.13. The molecule has 0 amide bonds. The molecule has 0 fully saturated rings. The van der Waals surface area contributed by atoms with Crippen LogP contribution in [0, 0.1) is 5.82 Å². The van der Waals surface area contributed by atoms with Crippen molar-refractivity contribution in [1.29, 1.82) is 0 Å². The number of halogens is 1. The minimum absolute atomic E-state index is 0.0427. The quantitative estimate of drug-likeness (QED) is 0.778. The zero-order chi connectivity index (χ0) is 14.5. The Balaban J connectivity index is 2.29. The van der Waals surface area contributed by atoms with Gasteiger partial charge in [-0.2, -0.15) is 0 Å². The average Bonchev–Trinajstić information content (AvgIpc) is 2.47. The lowest BCUT2D eigenvalue weighted by Crippen LogP contribution is -2.04. The van der Waals surface area contributed by atoms with Gasteiger partial charge in [0.15, 0.2) is 0 Å². The second-order valence-corrected chi connectivity index (χ2v) is 4.63. The van der Waals surface area contributed by atoms with Crippen LogP contribution in [0.4, 0.5) is 4.39 Å². The summed E-state index contributed by atoms with van der Waals surface area (Å²) in [4.78, 5) is 11.3. The van der Waals surface area contributed by atoms with E-state index in [1.807, 2.05) is 24.3 Å². The number of methoxy groups -OCH3 is 1. The van der Waals surface area contributed by atoms with Gasteiger partial charge in [0.25, 0.3) is 0 Å². The standard InChI is InChI=1S/C17H17FO2/c1-3-4-12-5-7-13(8-6-12)14-9-10-15(16(18)11-14)17(19)20-2/h5-11H,3-4H2,1-2H3. The molecule has 0 saturated carbocycles. The summed E-state index contributed by atoms with van der Waals surface area (Å²) < 4.78 is 18.4. The Morgan fingerprint density at radius 1 is 1.10 bits per heavy atom. The maximum Gasteiger partial charge on any atom is 0.340 e. The van der Waals surface area contributed by atoms with Crippen molar-refractivity contribution in [3.05, 3.63) is 59.4 Å². The number of rotatable bonds is 4. The van der Waals surface area contributed by atoms with Gasteiger partial charge in [-0.1, -0.05) is 43.7 Å². The molecule has 0 unspecified atom stereocenters.